The van der Waals surface area contributed by atoms with Crippen LogP contribution < -0.4 is 10.6 Å². The molecular formula is C10H17N3. The highest BCUT2D eigenvalue weighted by molar-refractivity contribution is 5.37. The SMILES string of the molecule is Cc1cccc(N(C)CCCN)n1. The molecule has 0 atom stereocenters. The average Bonchev–Trinajstić information content (AvgIpc) is 2.14. The Morgan fingerprint density at radius 3 is 2.85 bits per heavy atom. The number of rotatable bonds is 4. The highest BCUT2D eigenvalue weighted by Crippen LogP contribution is 2.08. The number of hydrogen-bond donors (Lipinski definition) is 1. The highest BCUT2D eigenvalue weighted by atomic mass is 15.2. The lowest BCUT2D eigenvalue weighted by molar-refractivity contribution is 0.785. The van der Waals surface area contributed by atoms with Gasteiger partial charge in [-0.1, -0.05) is 6.07 Å². The molecule has 3 heteroatoms. The van der Waals surface area contributed by atoms with Crippen LogP contribution in [0.2, 0.25) is 0 Å². The molecule has 0 spiro atoms. The molecule has 1 heterocycles. The summed E-state index contributed by atoms with van der Waals surface area (Å²) in [6.07, 6.45) is 1.01. The van der Waals surface area contributed by atoms with Crippen molar-refractivity contribution in [3.63, 3.8) is 0 Å². The second kappa shape index (κ2) is 4.82. The van der Waals surface area contributed by atoms with Gasteiger partial charge in [0.1, 0.15) is 5.82 Å². The zero-order valence-electron chi connectivity index (χ0n) is 8.33. The summed E-state index contributed by atoms with van der Waals surface area (Å²) in [4.78, 5) is 6.54. The molecule has 72 valence electrons. The Bertz CT molecular complexity index is 260. The Labute approximate surface area is 79.6 Å². The van der Waals surface area contributed by atoms with E-state index in [-0.39, 0.29) is 0 Å². The van der Waals surface area contributed by atoms with Crippen molar-refractivity contribution in [2.45, 2.75) is 13.3 Å². The van der Waals surface area contributed by atoms with E-state index in [1.807, 2.05) is 32.2 Å². The summed E-state index contributed by atoms with van der Waals surface area (Å²) in [5.74, 6) is 1.02. The van der Waals surface area contributed by atoms with E-state index in [0.717, 1.165) is 31.0 Å². The maximum Gasteiger partial charge on any atom is 0.128 e. The normalized spacial score (nSPS) is 10.1. The number of anilines is 1. The van der Waals surface area contributed by atoms with Gasteiger partial charge in [-0.15, -0.1) is 0 Å². The first kappa shape index (κ1) is 9.99. The van der Waals surface area contributed by atoms with Crippen molar-refractivity contribution in [1.82, 2.24) is 4.98 Å². The topological polar surface area (TPSA) is 42.1 Å². The Morgan fingerprint density at radius 2 is 2.23 bits per heavy atom. The molecule has 0 fully saturated rings. The lowest BCUT2D eigenvalue weighted by Gasteiger charge is -2.17. The minimum atomic E-state index is 0.732. The Morgan fingerprint density at radius 1 is 1.46 bits per heavy atom. The molecular weight excluding hydrogens is 162 g/mol. The minimum absolute atomic E-state index is 0.732. The van der Waals surface area contributed by atoms with E-state index in [0.29, 0.717) is 0 Å². The van der Waals surface area contributed by atoms with Gasteiger partial charge in [0.05, 0.1) is 0 Å². The van der Waals surface area contributed by atoms with E-state index in [9.17, 15) is 0 Å². The van der Waals surface area contributed by atoms with Crippen LogP contribution in [0, 0.1) is 6.92 Å². The van der Waals surface area contributed by atoms with Crippen LogP contribution in [-0.2, 0) is 0 Å². The average molecular weight is 179 g/mol. The van der Waals surface area contributed by atoms with Gasteiger partial charge in [-0.05, 0) is 32.0 Å². The van der Waals surface area contributed by atoms with E-state index in [1.54, 1.807) is 0 Å². The lowest BCUT2D eigenvalue weighted by atomic mass is 10.3. The van der Waals surface area contributed by atoms with Gasteiger partial charge in [-0.3, -0.25) is 0 Å². The first-order valence-electron chi connectivity index (χ1n) is 4.59. The van der Waals surface area contributed by atoms with Gasteiger partial charge in [0.2, 0.25) is 0 Å². The largest absolute Gasteiger partial charge is 0.360 e. The Kier molecular flexibility index (Phi) is 3.71. The highest BCUT2D eigenvalue weighted by Gasteiger charge is 2.00. The predicted octanol–water partition coefficient (Wildman–Crippen LogP) is 1.18. The molecule has 0 bridgehead atoms. The smallest absolute Gasteiger partial charge is 0.128 e. The first-order chi connectivity index (χ1) is 6.24. The molecule has 2 N–H and O–H groups in total. The van der Waals surface area contributed by atoms with E-state index in [2.05, 4.69) is 9.88 Å². The number of hydrogen-bond acceptors (Lipinski definition) is 3. The van der Waals surface area contributed by atoms with Crippen molar-refractivity contribution in [3.05, 3.63) is 23.9 Å². The molecule has 3 nitrogen and oxygen atoms in total. The molecule has 0 amide bonds. The van der Waals surface area contributed by atoms with Crippen LogP contribution in [0.25, 0.3) is 0 Å². The van der Waals surface area contributed by atoms with Gasteiger partial charge < -0.3 is 10.6 Å². The van der Waals surface area contributed by atoms with Crippen molar-refractivity contribution in [1.29, 1.82) is 0 Å². The number of aromatic nitrogens is 1. The van der Waals surface area contributed by atoms with Crippen LogP contribution in [0.4, 0.5) is 5.82 Å². The van der Waals surface area contributed by atoms with Gasteiger partial charge >= 0.3 is 0 Å². The van der Waals surface area contributed by atoms with Gasteiger partial charge in [-0.2, -0.15) is 0 Å². The number of pyridine rings is 1. The molecule has 0 radical (unpaired) electrons. The second-order valence-electron chi connectivity index (χ2n) is 3.20. The molecule has 0 aliphatic heterocycles. The summed E-state index contributed by atoms with van der Waals surface area (Å²) in [5, 5.41) is 0. The molecule has 1 aromatic rings. The molecule has 13 heavy (non-hydrogen) atoms. The Balaban J connectivity index is 2.60. The van der Waals surface area contributed by atoms with Crippen LogP contribution in [0.3, 0.4) is 0 Å². The molecule has 0 unspecified atom stereocenters. The van der Waals surface area contributed by atoms with Crippen molar-refractivity contribution >= 4 is 5.82 Å². The fraction of sp³-hybridized carbons (Fsp3) is 0.500. The van der Waals surface area contributed by atoms with Crippen LogP contribution in [0.15, 0.2) is 18.2 Å². The molecule has 1 rings (SSSR count). The maximum absolute atomic E-state index is 5.44. The summed E-state index contributed by atoms with van der Waals surface area (Å²) in [5.41, 5.74) is 6.49. The maximum atomic E-state index is 5.44. The van der Waals surface area contributed by atoms with Gasteiger partial charge in [-0.25, -0.2) is 4.98 Å². The third-order valence-electron chi connectivity index (χ3n) is 1.96. The molecule has 0 aliphatic carbocycles. The van der Waals surface area contributed by atoms with Gasteiger partial charge in [0, 0.05) is 19.3 Å². The molecule has 0 saturated carbocycles. The summed E-state index contributed by atoms with van der Waals surface area (Å²) in [6, 6.07) is 6.04. The van der Waals surface area contributed by atoms with Crippen LogP contribution in [0.5, 0.6) is 0 Å². The van der Waals surface area contributed by atoms with Crippen molar-refractivity contribution in [2.75, 3.05) is 25.0 Å². The summed E-state index contributed by atoms with van der Waals surface area (Å²) < 4.78 is 0. The van der Waals surface area contributed by atoms with Crippen LogP contribution in [0.1, 0.15) is 12.1 Å². The zero-order chi connectivity index (χ0) is 9.68. The first-order valence-corrected chi connectivity index (χ1v) is 4.59. The fourth-order valence-corrected chi connectivity index (χ4v) is 1.18. The number of nitrogens with two attached hydrogens (primary N) is 1. The van der Waals surface area contributed by atoms with Gasteiger partial charge in [0.15, 0.2) is 0 Å². The zero-order valence-corrected chi connectivity index (χ0v) is 8.33. The summed E-state index contributed by atoms with van der Waals surface area (Å²) in [7, 11) is 2.04. The molecule has 0 saturated heterocycles. The third kappa shape index (κ3) is 3.03. The van der Waals surface area contributed by atoms with Crippen molar-refractivity contribution in [2.24, 2.45) is 5.73 Å². The monoisotopic (exact) mass is 179 g/mol. The third-order valence-corrected chi connectivity index (χ3v) is 1.96. The molecule has 1 aromatic heterocycles. The summed E-state index contributed by atoms with van der Waals surface area (Å²) in [6.45, 7) is 3.70. The minimum Gasteiger partial charge on any atom is -0.360 e. The van der Waals surface area contributed by atoms with Crippen molar-refractivity contribution in [3.8, 4) is 0 Å². The van der Waals surface area contributed by atoms with E-state index in [1.165, 1.54) is 0 Å². The van der Waals surface area contributed by atoms with Gasteiger partial charge in [0.25, 0.3) is 0 Å². The van der Waals surface area contributed by atoms with Crippen LogP contribution in [-0.4, -0.2) is 25.1 Å². The molecule has 0 aromatic carbocycles. The van der Waals surface area contributed by atoms with Crippen molar-refractivity contribution < 1.29 is 0 Å². The van der Waals surface area contributed by atoms with E-state index in [4.69, 9.17) is 5.73 Å². The van der Waals surface area contributed by atoms with Crippen LogP contribution >= 0.6 is 0 Å². The quantitative estimate of drug-likeness (QED) is 0.754. The molecule has 0 aliphatic rings. The predicted molar refractivity (Wildman–Crippen MR) is 55.9 cm³/mol. The second-order valence-corrected chi connectivity index (χ2v) is 3.20. The number of nitrogens with zero attached hydrogens (tertiary/aromatic N) is 2. The Hall–Kier alpha value is -1.09. The van der Waals surface area contributed by atoms with E-state index >= 15 is 0 Å². The number of aryl methyl sites for hydroxylation is 1. The lowest BCUT2D eigenvalue weighted by Crippen LogP contribution is -2.22. The van der Waals surface area contributed by atoms with E-state index < -0.39 is 0 Å². The fourth-order valence-electron chi connectivity index (χ4n) is 1.18. The summed E-state index contributed by atoms with van der Waals surface area (Å²) >= 11 is 0. The standard InChI is InChI=1S/C10H17N3/c1-9-5-3-6-10(12-9)13(2)8-4-7-11/h3,5-6H,4,7-8,11H2,1-2H3.